The van der Waals surface area contributed by atoms with Crippen LogP contribution in [0.2, 0.25) is 0 Å². The summed E-state index contributed by atoms with van der Waals surface area (Å²) < 4.78 is 0. The van der Waals surface area contributed by atoms with E-state index in [4.69, 9.17) is 5.73 Å². The van der Waals surface area contributed by atoms with Crippen molar-refractivity contribution in [2.45, 2.75) is 5.60 Å². The standard InChI is InChI=1S/C14H11NO2/c15-13(16)14(17)11-7-3-1-5-9(11)10-6-2-4-8-12(10)14/h1-8,17H,(H2,15,16). The topological polar surface area (TPSA) is 63.3 Å². The summed E-state index contributed by atoms with van der Waals surface area (Å²) in [6.07, 6.45) is 0. The van der Waals surface area contributed by atoms with Crippen molar-refractivity contribution in [1.82, 2.24) is 0 Å². The van der Waals surface area contributed by atoms with Gasteiger partial charge in [0.05, 0.1) is 0 Å². The molecule has 0 radical (unpaired) electrons. The van der Waals surface area contributed by atoms with Gasteiger partial charge in [0.1, 0.15) is 0 Å². The molecular weight excluding hydrogens is 214 g/mol. The molecule has 3 nitrogen and oxygen atoms in total. The third-order valence-corrected chi connectivity index (χ3v) is 3.28. The Hall–Kier alpha value is -2.13. The van der Waals surface area contributed by atoms with E-state index in [0.29, 0.717) is 11.1 Å². The van der Waals surface area contributed by atoms with Gasteiger partial charge < -0.3 is 10.8 Å². The van der Waals surface area contributed by atoms with Crippen LogP contribution in [0.4, 0.5) is 0 Å². The number of amides is 1. The lowest BCUT2D eigenvalue weighted by atomic mass is 9.91. The molecule has 0 bridgehead atoms. The predicted octanol–water partition coefficient (Wildman–Crippen LogP) is 1.39. The molecule has 84 valence electrons. The van der Waals surface area contributed by atoms with E-state index in [1.807, 2.05) is 24.3 Å². The lowest BCUT2D eigenvalue weighted by Crippen LogP contribution is -2.40. The molecule has 3 rings (SSSR count). The first-order valence-corrected chi connectivity index (χ1v) is 5.37. The molecule has 0 saturated heterocycles. The highest BCUT2D eigenvalue weighted by molar-refractivity contribution is 5.97. The smallest absolute Gasteiger partial charge is 0.258 e. The maximum Gasteiger partial charge on any atom is 0.258 e. The van der Waals surface area contributed by atoms with Gasteiger partial charge in [0.15, 0.2) is 5.60 Å². The highest BCUT2D eigenvalue weighted by atomic mass is 16.3. The number of carbonyl (C=O) groups excluding carboxylic acids is 1. The van der Waals surface area contributed by atoms with Gasteiger partial charge in [-0.15, -0.1) is 0 Å². The molecular formula is C14H11NO2. The van der Waals surface area contributed by atoms with Crippen LogP contribution in [-0.2, 0) is 10.4 Å². The predicted molar refractivity (Wildman–Crippen MR) is 64.1 cm³/mol. The molecule has 0 unspecified atom stereocenters. The van der Waals surface area contributed by atoms with Crippen molar-refractivity contribution in [2.24, 2.45) is 5.73 Å². The number of aliphatic hydroxyl groups is 1. The average molecular weight is 225 g/mol. The van der Waals surface area contributed by atoms with Gasteiger partial charge >= 0.3 is 0 Å². The second kappa shape index (κ2) is 3.18. The average Bonchev–Trinajstić information content (AvgIpc) is 2.63. The van der Waals surface area contributed by atoms with Crippen molar-refractivity contribution in [3.63, 3.8) is 0 Å². The zero-order chi connectivity index (χ0) is 12.0. The van der Waals surface area contributed by atoms with Crippen LogP contribution in [-0.4, -0.2) is 11.0 Å². The summed E-state index contributed by atoms with van der Waals surface area (Å²) in [4.78, 5) is 11.6. The number of hydrogen-bond donors (Lipinski definition) is 2. The first kappa shape index (κ1) is 10.1. The zero-order valence-corrected chi connectivity index (χ0v) is 9.05. The molecule has 1 aliphatic carbocycles. The number of hydrogen-bond acceptors (Lipinski definition) is 2. The molecule has 0 atom stereocenters. The molecule has 0 heterocycles. The Morgan fingerprint density at radius 2 is 1.35 bits per heavy atom. The minimum atomic E-state index is -1.70. The van der Waals surface area contributed by atoms with Crippen molar-refractivity contribution in [3.05, 3.63) is 59.7 Å². The van der Waals surface area contributed by atoms with Crippen LogP contribution in [0.5, 0.6) is 0 Å². The minimum absolute atomic E-state index is 0.564. The maximum atomic E-state index is 11.6. The summed E-state index contributed by atoms with van der Waals surface area (Å²) in [6, 6.07) is 14.6. The normalized spacial score (nSPS) is 15.1. The number of rotatable bonds is 1. The van der Waals surface area contributed by atoms with Crippen molar-refractivity contribution in [2.75, 3.05) is 0 Å². The number of benzene rings is 2. The van der Waals surface area contributed by atoms with Gasteiger partial charge in [0.2, 0.25) is 0 Å². The molecule has 0 aromatic heterocycles. The van der Waals surface area contributed by atoms with Gasteiger partial charge in [-0.05, 0) is 11.1 Å². The maximum absolute atomic E-state index is 11.6. The molecule has 0 spiro atoms. The molecule has 0 aliphatic heterocycles. The minimum Gasteiger partial charge on any atom is -0.372 e. The molecule has 3 N–H and O–H groups in total. The fourth-order valence-corrected chi connectivity index (χ4v) is 2.48. The molecule has 0 fully saturated rings. The summed E-state index contributed by atoms with van der Waals surface area (Å²) in [5, 5.41) is 10.6. The lowest BCUT2D eigenvalue weighted by molar-refractivity contribution is -0.132. The van der Waals surface area contributed by atoms with Crippen molar-refractivity contribution in [3.8, 4) is 11.1 Å². The van der Waals surface area contributed by atoms with E-state index in [1.54, 1.807) is 24.3 Å². The summed E-state index contributed by atoms with van der Waals surface area (Å²) in [5.41, 5.74) is 6.53. The molecule has 1 aliphatic rings. The Labute approximate surface area is 98.5 Å². The van der Waals surface area contributed by atoms with Gasteiger partial charge in [-0.1, -0.05) is 48.5 Å². The van der Waals surface area contributed by atoms with Crippen molar-refractivity contribution < 1.29 is 9.90 Å². The van der Waals surface area contributed by atoms with Crippen LogP contribution in [0.25, 0.3) is 11.1 Å². The number of primary amides is 1. The van der Waals surface area contributed by atoms with E-state index in [9.17, 15) is 9.90 Å². The summed E-state index contributed by atoms with van der Waals surface area (Å²) in [5.74, 6) is -0.741. The van der Waals surface area contributed by atoms with Gasteiger partial charge in [0.25, 0.3) is 5.91 Å². The molecule has 3 heteroatoms. The SMILES string of the molecule is NC(=O)C1(O)c2ccccc2-c2ccccc21. The first-order valence-electron chi connectivity index (χ1n) is 5.37. The van der Waals surface area contributed by atoms with Crippen molar-refractivity contribution in [1.29, 1.82) is 0 Å². The van der Waals surface area contributed by atoms with E-state index < -0.39 is 11.5 Å². The monoisotopic (exact) mass is 225 g/mol. The van der Waals surface area contributed by atoms with Crippen LogP contribution in [0.1, 0.15) is 11.1 Å². The Bertz CT molecular complexity index is 574. The molecule has 0 saturated carbocycles. The fraction of sp³-hybridized carbons (Fsp3) is 0.0714. The van der Waals surface area contributed by atoms with Crippen LogP contribution in [0.3, 0.4) is 0 Å². The molecule has 17 heavy (non-hydrogen) atoms. The molecule has 1 amide bonds. The lowest BCUT2D eigenvalue weighted by Gasteiger charge is -2.21. The summed E-state index contributed by atoms with van der Waals surface area (Å²) in [6.45, 7) is 0. The highest BCUT2D eigenvalue weighted by Crippen LogP contribution is 2.46. The highest BCUT2D eigenvalue weighted by Gasteiger charge is 2.46. The van der Waals surface area contributed by atoms with Crippen LogP contribution >= 0.6 is 0 Å². The summed E-state index contributed by atoms with van der Waals surface area (Å²) >= 11 is 0. The largest absolute Gasteiger partial charge is 0.372 e. The zero-order valence-electron chi connectivity index (χ0n) is 9.05. The second-order valence-electron chi connectivity index (χ2n) is 4.17. The van der Waals surface area contributed by atoms with Gasteiger partial charge in [-0.3, -0.25) is 4.79 Å². The Kier molecular flexibility index (Phi) is 1.88. The Morgan fingerprint density at radius 1 is 0.941 bits per heavy atom. The number of nitrogens with two attached hydrogens (primary N) is 1. The van der Waals surface area contributed by atoms with E-state index in [0.717, 1.165) is 11.1 Å². The van der Waals surface area contributed by atoms with Gasteiger partial charge in [-0.25, -0.2) is 0 Å². The van der Waals surface area contributed by atoms with Crippen molar-refractivity contribution >= 4 is 5.91 Å². The first-order chi connectivity index (χ1) is 8.15. The van der Waals surface area contributed by atoms with E-state index >= 15 is 0 Å². The van der Waals surface area contributed by atoms with Crippen LogP contribution in [0, 0.1) is 0 Å². The fourth-order valence-electron chi connectivity index (χ4n) is 2.48. The quantitative estimate of drug-likeness (QED) is 0.770. The molecule has 2 aromatic rings. The molecule has 2 aromatic carbocycles. The third kappa shape index (κ3) is 1.11. The van der Waals surface area contributed by atoms with Gasteiger partial charge in [0, 0.05) is 11.1 Å². The van der Waals surface area contributed by atoms with Crippen LogP contribution in [0.15, 0.2) is 48.5 Å². The summed E-state index contributed by atoms with van der Waals surface area (Å²) in [7, 11) is 0. The Balaban J connectivity index is 2.43. The number of fused-ring (bicyclic) bond motifs is 3. The second-order valence-corrected chi connectivity index (χ2v) is 4.17. The Morgan fingerprint density at radius 3 is 1.76 bits per heavy atom. The van der Waals surface area contributed by atoms with Crippen LogP contribution < -0.4 is 5.73 Å². The van der Waals surface area contributed by atoms with E-state index in [2.05, 4.69) is 0 Å². The van der Waals surface area contributed by atoms with E-state index in [-0.39, 0.29) is 0 Å². The third-order valence-electron chi connectivity index (χ3n) is 3.28. The van der Waals surface area contributed by atoms with Gasteiger partial charge in [-0.2, -0.15) is 0 Å². The number of carbonyl (C=O) groups is 1. The van der Waals surface area contributed by atoms with E-state index in [1.165, 1.54) is 0 Å².